The van der Waals surface area contributed by atoms with E-state index in [0.717, 1.165) is 10.5 Å². The zero-order chi connectivity index (χ0) is 68.2. The molecule has 11 atom stereocenters. The van der Waals surface area contributed by atoms with Crippen molar-refractivity contribution >= 4 is 71.0 Å². The average molecular weight is 1290 g/mol. The number of nitrogens with two attached hydrogens (primary N) is 1. The number of carbonyl (C=O) groups is 11. The summed E-state index contributed by atoms with van der Waals surface area (Å²) in [4.78, 5) is 149. The Morgan fingerprint density at radius 2 is 1.38 bits per heavy atom. The number of hydrogen-bond acceptors (Lipinski definition) is 16. The Bertz CT molecular complexity index is 2790. The number of aliphatic hydroxyl groups excluding tert-OH is 2. The lowest BCUT2D eigenvalue weighted by molar-refractivity contribution is -0.147. The summed E-state index contributed by atoms with van der Waals surface area (Å²) in [6, 6.07) is 8.38. The molecule has 27 nitrogen and oxygen atoms in total. The maximum atomic E-state index is 14.6. The number of urea groups is 1. The molecule has 510 valence electrons. The molecule has 0 radical (unpaired) electrons. The van der Waals surface area contributed by atoms with Crippen molar-refractivity contribution < 1.29 is 77.2 Å². The first-order valence-electron chi connectivity index (χ1n) is 31.8. The first-order valence-corrected chi connectivity index (χ1v) is 31.8. The van der Waals surface area contributed by atoms with Gasteiger partial charge in [0, 0.05) is 65.2 Å². The lowest BCUT2D eigenvalue weighted by Gasteiger charge is -2.41. The molecule has 2 aliphatic rings. The number of likely N-dealkylation sites (N-methyl/N-ethyl adjacent to an activating group) is 1. The van der Waals surface area contributed by atoms with Crippen molar-refractivity contribution in [3.05, 3.63) is 77.9 Å². The van der Waals surface area contributed by atoms with Gasteiger partial charge in [0.25, 0.3) is 11.8 Å². The minimum absolute atomic E-state index is 0.0675. The molecule has 1 saturated heterocycles. The molecule has 0 aliphatic carbocycles. The number of hydrogen-bond donors (Lipinski definition) is 10. The summed E-state index contributed by atoms with van der Waals surface area (Å²) >= 11 is 0. The smallest absolute Gasteiger partial charge is 0.408 e. The minimum Gasteiger partial charge on any atom is -0.445 e. The Labute approximate surface area is 539 Å². The van der Waals surface area contributed by atoms with E-state index in [-0.39, 0.29) is 87.5 Å². The largest absolute Gasteiger partial charge is 0.445 e. The van der Waals surface area contributed by atoms with Crippen molar-refractivity contribution in [1.82, 2.24) is 46.6 Å². The second-order valence-corrected chi connectivity index (χ2v) is 24.3. The second kappa shape index (κ2) is 38.7. The quantitative estimate of drug-likeness (QED) is 0.0340. The van der Waals surface area contributed by atoms with E-state index in [4.69, 9.17) is 19.9 Å². The molecule has 0 spiro atoms. The number of primary amides is 1. The molecule has 1 fully saturated rings. The van der Waals surface area contributed by atoms with E-state index in [1.807, 2.05) is 44.2 Å². The van der Waals surface area contributed by atoms with Gasteiger partial charge in [-0.15, -0.1) is 0 Å². The highest BCUT2D eigenvalue weighted by Crippen LogP contribution is 2.30. The number of aliphatic hydroxyl groups is 2. The van der Waals surface area contributed by atoms with E-state index >= 15 is 0 Å². The molecule has 11 N–H and O–H groups in total. The molecule has 2 aromatic rings. The van der Waals surface area contributed by atoms with Gasteiger partial charge in [0.1, 0.15) is 30.8 Å². The predicted molar refractivity (Wildman–Crippen MR) is 341 cm³/mol. The number of carbonyl (C=O) groups excluding carboxylic acids is 11. The van der Waals surface area contributed by atoms with E-state index < -0.39 is 115 Å². The van der Waals surface area contributed by atoms with Crippen LogP contribution < -0.4 is 43.0 Å². The lowest BCUT2D eigenvalue weighted by Crippen LogP contribution is -2.60. The number of nitrogens with one attached hydrogen (secondary N) is 7. The number of amides is 12. The molecule has 0 saturated carbocycles. The minimum atomic E-state index is -1.55. The number of ether oxygens (including phenoxy) is 3. The normalized spacial score (nSPS) is 17.1. The third-order valence-corrected chi connectivity index (χ3v) is 16.8. The van der Waals surface area contributed by atoms with Crippen LogP contribution in [0.25, 0.3) is 0 Å². The van der Waals surface area contributed by atoms with Crippen molar-refractivity contribution in [2.24, 2.45) is 29.4 Å². The number of alkyl carbamates (subject to hydrolysis) is 1. The fourth-order valence-electron chi connectivity index (χ4n) is 11.3. The maximum Gasteiger partial charge on any atom is 0.408 e. The van der Waals surface area contributed by atoms with E-state index in [1.54, 1.807) is 58.7 Å². The highest BCUT2D eigenvalue weighted by molar-refractivity contribution is 6.12. The van der Waals surface area contributed by atoms with Crippen LogP contribution in [0.2, 0.25) is 0 Å². The first-order chi connectivity index (χ1) is 43.8. The number of anilines is 1. The van der Waals surface area contributed by atoms with Crippen molar-refractivity contribution in [1.29, 1.82) is 0 Å². The average Bonchev–Trinajstić information content (AvgIpc) is 1.44. The number of likely N-dealkylation sites (tertiary alicyclic amines) is 1. The molecule has 12 amide bonds. The second-order valence-electron chi connectivity index (χ2n) is 24.3. The van der Waals surface area contributed by atoms with Crippen LogP contribution in [0.5, 0.6) is 0 Å². The van der Waals surface area contributed by atoms with Gasteiger partial charge >= 0.3 is 12.1 Å². The van der Waals surface area contributed by atoms with Gasteiger partial charge < -0.3 is 77.2 Å². The van der Waals surface area contributed by atoms with Gasteiger partial charge in [0.15, 0.2) is 0 Å². The lowest BCUT2D eigenvalue weighted by atomic mass is 9.89. The summed E-state index contributed by atoms with van der Waals surface area (Å²) in [6.07, 6.45) is 3.87. The van der Waals surface area contributed by atoms with Crippen LogP contribution in [-0.2, 0) is 70.4 Å². The fraction of sp³-hybridized carbons (Fsp3) is 0.615. The molecular weight excluding hydrogens is 1190 g/mol. The van der Waals surface area contributed by atoms with E-state index in [0.29, 0.717) is 62.7 Å². The number of benzene rings is 2. The fourth-order valence-corrected chi connectivity index (χ4v) is 11.3. The predicted octanol–water partition coefficient (Wildman–Crippen LogP) is 2.55. The Hall–Kier alpha value is -8.01. The zero-order valence-electron chi connectivity index (χ0n) is 54.9. The van der Waals surface area contributed by atoms with Gasteiger partial charge in [-0.25, -0.2) is 9.59 Å². The van der Waals surface area contributed by atoms with Gasteiger partial charge in [0.2, 0.25) is 41.4 Å². The van der Waals surface area contributed by atoms with Gasteiger partial charge in [-0.05, 0) is 86.0 Å². The molecule has 2 aliphatic heterocycles. The number of imide groups is 1. The summed E-state index contributed by atoms with van der Waals surface area (Å²) in [6.45, 7) is 11.8. The van der Waals surface area contributed by atoms with Crippen LogP contribution in [0.3, 0.4) is 0 Å². The van der Waals surface area contributed by atoms with Crippen LogP contribution >= 0.6 is 0 Å². The molecule has 0 bridgehead atoms. The molecule has 0 aromatic heterocycles. The summed E-state index contributed by atoms with van der Waals surface area (Å²) in [5.41, 5.74) is 6.93. The summed E-state index contributed by atoms with van der Waals surface area (Å²) < 4.78 is 17.4. The number of rotatable bonds is 39. The number of unbranched alkanes of at least 4 members (excludes halogenated alkanes) is 2. The molecule has 4 rings (SSSR count). The van der Waals surface area contributed by atoms with Gasteiger partial charge in [0.05, 0.1) is 55.9 Å². The Balaban J connectivity index is 1.33. The summed E-state index contributed by atoms with van der Waals surface area (Å²) in [5.74, 6) is -6.13. The van der Waals surface area contributed by atoms with Gasteiger partial charge in [-0.2, -0.15) is 0 Å². The van der Waals surface area contributed by atoms with Crippen LogP contribution in [-0.4, -0.2) is 199 Å². The highest BCUT2D eigenvalue weighted by atomic mass is 16.5. The Kier molecular flexibility index (Phi) is 32.2. The first kappa shape index (κ1) is 76.4. The van der Waals surface area contributed by atoms with Crippen LogP contribution in [0.4, 0.5) is 15.3 Å². The third kappa shape index (κ3) is 23.6. The van der Waals surface area contributed by atoms with Crippen molar-refractivity contribution in [3.63, 3.8) is 0 Å². The van der Waals surface area contributed by atoms with E-state index in [9.17, 15) is 63.0 Å². The summed E-state index contributed by atoms with van der Waals surface area (Å²) in [7, 11) is 4.55. The zero-order valence-corrected chi connectivity index (χ0v) is 54.9. The number of nitrogens with zero attached hydrogens (tertiary/aromatic N) is 3. The molecule has 92 heavy (non-hydrogen) atoms. The van der Waals surface area contributed by atoms with Crippen LogP contribution in [0.1, 0.15) is 124 Å². The molecule has 2 aromatic carbocycles. The Morgan fingerprint density at radius 3 is 1.97 bits per heavy atom. The van der Waals surface area contributed by atoms with E-state index in [1.165, 1.54) is 43.4 Å². The number of methoxy groups -OCH3 is 2. The Morgan fingerprint density at radius 1 is 0.717 bits per heavy atom. The molecular formula is C65H99N11O16. The molecule has 27 heteroatoms. The monoisotopic (exact) mass is 1290 g/mol. The van der Waals surface area contributed by atoms with E-state index in [2.05, 4.69) is 37.2 Å². The van der Waals surface area contributed by atoms with Crippen molar-refractivity contribution in [3.8, 4) is 0 Å². The van der Waals surface area contributed by atoms with Crippen LogP contribution in [0, 0.1) is 23.7 Å². The molecule has 2 heterocycles. The highest BCUT2D eigenvalue weighted by Gasteiger charge is 2.43. The van der Waals surface area contributed by atoms with Crippen molar-refractivity contribution in [2.75, 3.05) is 59.4 Å². The standard InChI is InChI=1S/C65H99N11O16/c1-11-41(6)57(50(90-9)35-54(82)75-33-19-23-49(75)58(91-10)42(7)59(83)69-46(36-77)34-43-20-14-12-15-21-43)74(8)63(87)56(40(4)5)73-61(85)48(37-78)71-65(89)92-38-44-25-27-45(28-26-44)68-60(84)47(22-18-31-67-64(66)88)70-62(86)55(39(2)3)72-51(79)24-16-13-17-32-76-52(80)29-30-53(76)81/h12,14-15,20-21,25-30,39-42,46-50,55-58,77-78H,11,13,16-19,22-24,31-38H2,1-10H3,(H,68,84)(H,69,83)(H,70,86)(H,71,89)(H,72,79)(H,73,85)(H3,66,67,88)/t41-,42+,46-,47-,48+,49-,50+,55-,56-,57-,58+/m0/s1. The van der Waals surface area contributed by atoms with Gasteiger partial charge in [-0.3, -0.25) is 48.1 Å². The van der Waals surface area contributed by atoms with Crippen LogP contribution in [0.15, 0.2) is 66.7 Å². The third-order valence-electron chi connectivity index (χ3n) is 16.8. The summed E-state index contributed by atoms with van der Waals surface area (Å²) in [5, 5.41) is 39.1. The maximum absolute atomic E-state index is 14.6. The van der Waals surface area contributed by atoms with Gasteiger partial charge in [-0.1, -0.05) is 104 Å². The topological polar surface area (TPSA) is 376 Å². The van der Waals surface area contributed by atoms with Crippen molar-refractivity contribution in [2.45, 2.75) is 180 Å². The molecule has 0 unspecified atom stereocenters. The SMILES string of the molecule is CC[C@H](C)[C@@H]([C@@H](CC(=O)N1CCC[C@H]1[C@H](OC)[C@@H](C)C(=O)N[C@H](CO)Cc1ccccc1)OC)N(C)C(=O)[C@@H](NC(=O)[C@@H](CO)NC(=O)OCc1ccc(NC(=O)[C@H](CCCNC(N)=O)NC(=O)[C@@H](NC(=O)CCCCCN2C(=O)C=CC2=O)C(C)C)cc1)C(C)C.